The van der Waals surface area contributed by atoms with Crippen LogP contribution in [0.1, 0.15) is 16.7 Å². The fourth-order valence-electron chi connectivity index (χ4n) is 2.68. The van der Waals surface area contributed by atoms with Gasteiger partial charge in [-0.2, -0.15) is 18.2 Å². The van der Waals surface area contributed by atoms with E-state index in [1.807, 2.05) is 0 Å². The molecular weight excluding hydrogens is 379 g/mol. The van der Waals surface area contributed by atoms with E-state index in [0.717, 1.165) is 12.1 Å². The zero-order valence-electron chi connectivity index (χ0n) is 14.4. The van der Waals surface area contributed by atoms with Crippen LogP contribution >= 0.6 is 0 Å². The van der Waals surface area contributed by atoms with Crippen molar-refractivity contribution in [2.45, 2.75) is 29.8 Å². The first kappa shape index (κ1) is 18.9. The van der Waals surface area contributed by atoms with Gasteiger partial charge in [-0.15, -0.1) is 5.10 Å². The van der Waals surface area contributed by atoms with Crippen LogP contribution in [0.4, 0.5) is 30.8 Å². The number of nitrogens with one attached hydrogen (secondary N) is 2. The summed E-state index contributed by atoms with van der Waals surface area (Å²) in [5.74, 6) is 0.436. The summed E-state index contributed by atoms with van der Waals surface area (Å²) in [5.41, 5.74) is 6.62. The Bertz CT molecular complexity index is 993. The van der Waals surface area contributed by atoms with Crippen molar-refractivity contribution in [1.29, 1.82) is 0 Å². The molecule has 0 fully saturated rings. The number of aromatic amines is 1. The average Bonchev–Trinajstić information content (AvgIpc) is 2.98. The highest BCUT2D eigenvalue weighted by molar-refractivity contribution is 7.85. The monoisotopic (exact) mass is 395 g/mol. The Labute approximate surface area is 155 Å². The van der Waals surface area contributed by atoms with E-state index in [0.29, 0.717) is 21.7 Å². The maximum absolute atomic E-state index is 12.9. The molecule has 0 spiro atoms. The van der Waals surface area contributed by atoms with Gasteiger partial charge in [-0.1, -0.05) is 6.07 Å². The number of nitrogen functional groups attached to an aromatic ring is 1. The van der Waals surface area contributed by atoms with Gasteiger partial charge in [0.05, 0.1) is 16.4 Å². The lowest BCUT2D eigenvalue weighted by molar-refractivity contribution is -0.137. The molecule has 0 amide bonds. The molecule has 10 heteroatoms. The Balaban J connectivity index is 1.94. The van der Waals surface area contributed by atoms with E-state index in [1.54, 1.807) is 26.0 Å². The van der Waals surface area contributed by atoms with Crippen LogP contribution < -0.4 is 11.1 Å². The van der Waals surface area contributed by atoms with Gasteiger partial charge in [0.25, 0.3) is 0 Å². The summed E-state index contributed by atoms with van der Waals surface area (Å²) in [6.07, 6.45) is -4.49. The summed E-state index contributed by atoms with van der Waals surface area (Å²) < 4.78 is 51.7. The molecule has 0 saturated heterocycles. The number of hydrogen-bond donors (Lipinski definition) is 3. The molecule has 0 aliphatic heterocycles. The zero-order valence-corrected chi connectivity index (χ0v) is 15.2. The molecule has 0 saturated carbocycles. The first-order valence-corrected chi connectivity index (χ1v) is 8.95. The van der Waals surface area contributed by atoms with E-state index >= 15 is 0 Å². The number of rotatable bonds is 4. The van der Waals surface area contributed by atoms with Crippen molar-refractivity contribution in [2.24, 2.45) is 0 Å². The molecule has 4 N–H and O–H groups in total. The van der Waals surface area contributed by atoms with Gasteiger partial charge in [0, 0.05) is 15.5 Å². The molecule has 0 aliphatic carbocycles. The number of alkyl halides is 3. The predicted octanol–water partition coefficient (Wildman–Crippen LogP) is 3.93. The van der Waals surface area contributed by atoms with Crippen LogP contribution in [0.15, 0.2) is 46.2 Å². The Morgan fingerprint density at radius 3 is 2.37 bits per heavy atom. The number of aromatic nitrogens is 3. The standard InChI is InChI=1S/C17H16F3N5OS/c1-9-6-12(22-16-23-15(21)24-25-16)7-10(2)14(9)27(26)13-5-3-4-11(8-13)17(18,19)20/h3-8H,1-2H3,(H4,21,22,23,24,25). The Hall–Kier alpha value is -2.88. The molecule has 0 aliphatic rings. The third-order valence-electron chi connectivity index (χ3n) is 3.78. The number of nitrogens with two attached hydrogens (primary N) is 1. The SMILES string of the molecule is Cc1cc(Nc2n[nH]c(N)n2)cc(C)c1S(=O)c1cccc(C(F)(F)F)c1. The molecule has 142 valence electrons. The summed E-state index contributed by atoms with van der Waals surface area (Å²) in [6, 6.07) is 7.99. The summed E-state index contributed by atoms with van der Waals surface area (Å²) >= 11 is 0. The average molecular weight is 395 g/mol. The van der Waals surface area contributed by atoms with E-state index < -0.39 is 22.5 Å². The van der Waals surface area contributed by atoms with Crippen molar-refractivity contribution in [3.8, 4) is 0 Å². The molecule has 1 unspecified atom stereocenters. The number of aryl methyl sites for hydroxylation is 2. The first-order chi connectivity index (χ1) is 12.6. The summed E-state index contributed by atoms with van der Waals surface area (Å²) in [5, 5.41) is 9.33. The van der Waals surface area contributed by atoms with Gasteiger partial charge in [0.15, 0.2) is 0 Å². The van der Waals surface area contributed by atoms with Crippen molar-refractivity contribution < 1.29 is 17.4 Å². The molecule has 1 aromatic heterocycles. The van der Waals surface area contributed by atoms with E-state index in [-0.39, 0.29) is 16.8 Å². The number of hydrogen-bond acceptors (Lipinski definition) is 5. The Morgan fingerprint density at radius 1 is 1.15 bits per heavy atom. The quantitative estimate of drug-likeness (QED) is 0.622. The lowest BCUT2D eigenvalue weighted by atomic mass is 10.1. The lowest BCUT2D eigenvalue weighted by Crippen LogP contribution is -2.07. The van der Waals surface area contributed by atoms with Crippen molar-refractivity contribution in [3.05, 3.63) is 53.1 Å². The Morgan fingerprint density at radius 2 is 1.81 bits per heavy atom. The van der Waals surface area contributed by atoms with Crippen LogP contribution in [0.5, 0.6) is 0 Å². The second-order valence-electron chi connectivity index (χ2n) is 5.90. The highest BCUT2D eigenvalue weighted by atomic mass is 32.2. The van der Waals surface area contributed by atoms with Crippen molar-refractivity contribution in [2.75, 3.05) is 11.1 Å². The smallest absolute Gasteiger partial charge is 0.368 e. The van der Waals surface area contributed by atoms with Crippen molar-refractivity contribution in [1.82, 2.24) is 15.2 Å². The van der Waals surface area contributed by atoms with Crippen LogP contribution in [-0.4, -0.2) is 19.4 Å². The molecule has 0 radical (unpaired) electrons. The third kappa shape index (κ3) is 4.11. The number of benzene rings is 2. The van der Waals surface area contributed by atoms with E-state index in [2.05, 4.69) is 20.5 Å². The van der Waals surface area contributed by atoms with E-state index in [9.17, 15) is 17.4 Å². The van der Waals surface area contributed by atoms with Crippen LogP contribution in [0.2, 0.25) is 0 Å². The van der Waals surface area contributed by atoms with Gasteiger partial charge in [-0.25, -0.2) is 9.31 Å². The molecule has 27 heavy (non-hydrogen) atoms. The maximum atomic E-state index is 12.9. The van der Waals surface area contributed by atoms with Crippen LogP contribution in [0, 0.1) is 13.8 Å². The molecule has 3 aromatic rings. The first-order valence-electron chi connectivity index (χ1n) is 7.80. The van der Waals surface area contributed by atoms with Gasteiger partial charge in [0.2, 0.25) is 11.9 Å². The van der Waals surface area contributed by atoms with Gasteiger partial charge < -0.3 is 11.1 Å². The number of halogens is 3. The van der Waals surface area contributed by atoms with Crippen molar-refractivity contribution >= 4 is 28.4 Å². The minimum Gasteiger partial charge on any atom is -0.368 e. The topological polar surface area (TPSA) is 96.7 Å². The highest BCUT2D eigenvalue weighted by Gasteiger charge is 2.31. The van der Waals surface area contributed by atoms with Crippen LogP contribution in [0.25, 0.3) is 0 Å². The second kappa shape index (κ2) is 7.03. The molecule has 1 atom stereocenters. The molecule has 3 rings (SSSR count). The Kier molecular flexibility index (Phi) is 4.92. The summed E-state index contributed by atoms with van der Waals surface area (Å²) in [7, 11) is -1.75. The molecule has 6 nitrogen and oxygen atoms in total. The number of H-pyrrole nitrogens is 1. The minimum absolute atomic E-state index is 0.0958. The van der Waals surface area contributed by atoms with Gasteiger partial charge in [-0.3, -0.25) is 0 Å². The fraction of sp³-hybridized carbons (Fsp3) is 0.176. The third-order valence-corrected chi connectivity index (χ3v) is 5.48. The number of nitrogens with zero attached hydrogens (tertiary/aromatic N) is 2. The summed E-state index contributed by atoms with van der Waals surface area (Å²) in [6.45, 7) is 3.48. The minimum atomic E-state index is -4.49. The predicted molar refractivity (Wildman–Crippen MR) is 96.1 cm³/mol. The van der Waals surface area contributed by atoms with Gasteiger partial charge >= 0.3 is 6.18 Å². The lowest BCUT2D eigenvalue weighted by Gasteiger charge is -2.14. The fourth-order valence-corrected chi connectivity index (χ4v) is 4.05. The van der Waals surface area contributed by atoms with Crippen molar-refractivity contribution in [3.63, 3.8) is 0 Å². The number of anilines is 3. The van der Waals surface area contributed by atoms with Gasteiger partial charge in [-0.05, 0) is 55.3 Å². The molecule has 2 aromatic carbocycles. The van der Waals surface area contributed by atoms with E-state index in [1.165, 1.54) is 12.1 Å². The largest absolute Gasteiger partial charge is 0.416 e. The molecule has 1 heterocycles. The molecular formula is C17H16F3N5OS. The summed E-state index contributed by atoms with van der Waals surface area (Å²) in [4.78, 5) is 4.50. The highest BCUT2D eigenvalue weighted by Crippen LogP contribution is 2.33. The van der Waals surface area contributed by atoms with E-state index in [4.69, 9.17) is 5.73 Å². The second-order valence-corrected chi connectivity index (χ2v) is 7.32. The molecule has 0 bridgehead atoms. The zero-order chi connectivity index (χ0) is 19.8. The maximum Gasteiger partial charge on any atom is 0.416 e. The van der Waals surface area contributed by atoms with Gasteiger partial charge in [0.1, 0.15) is 0 Å². The van der Waals surface area contributed by atoms with Crippen LogP contribution in [0.3, 0.4) is 0 Å². The normalized spacial score (nSPS) is 12.8. The van der Waals surface area contributed by atoms with Crippen LogP contribution in [-0.2, 0) is 17.0 Å².